The standard InChI is InChI=1S/C13H7Br2ClFN3/c14-7-3-6(1-2-9(7)16)20-12-5-10(17)8(15)4-11(12)19-13(20)18/h1-5H,(H2,18,19). The van der Waals surface area contributed by atoms with E-state index in [-0.39, 0.29) is 11.8 Å². The predicted octanol–water partition coefficient (Wildman–Crippen LogP) is 4.93. The van der Waals surface area contributed by atoms with Gasteiger partial charge in [-0.1, -0.05) is 11.6 Å². The lowest BCUT2D eigenvalue weighted by molar-refractivity contribution is 0.622. The normalized spacial score (nSPS) is 11.2. The Morgan fingerprint density at radius 2 is 1.90 bits per heavy atom. The number of rotatable bonds is 1. The van der Waals surface area contributed by atoms with Crippen LogP contribution in [0.4, 0.5) is 10.3 Å². The summed E-state index contributed by atoms with van der Waals surface area (Å²) in [6.07, 6.45) is 0. The van der Waals surface area contributed by atoms with E-state index in [4.69, 9.17) is 17.3 Å². The summed E-state index contributed by atoms with van der Waals surface area (Å²) in [7, 11) is 0. The maximum Gasteiger partial charge on any atom is 0.205 e. The molecule has 0 aliphatic heterocycles. The molecule has 0 unspecified atom stereocenters. The van der Waals surface area contributed by atoms with E-state index in [0.717, 1.165) is 10.2 Å². The van der Waals surface area contributed by atoms with Crippen LogP contribution in [0.2, 0.25) is 5.02 Å². The highest BCUT2D eigenvalue weighted by atomic mass is 79.9. The van der Waals surface area contributed by atoms with Gasteiger partial charge in [-0.3, -0.25) is 4.57 Å². The van der Waals surface area contributed by atoms with E-state index in [2.05, 4.69) is 36.8 Å². The van der Waals surface area contributed by atoms with E-state index in [1.54, 1.807) is 28.8 Å². The molecule has 0 saturated heterocycles. The van der Waals surface area contributed by atoms with E-state index in [1.165, 1.54) is 6.07 Å². The largest absolute Gasteiger partial charge is 0.369 e. The summed E-state index contributed by atoms with van der Waals surface area (Å²) < 4.78 is 16.5. The molecule has 0 bridgehead atoms. The number of imidazole rings is 1. The first-order valence-corrected chi connectivity index (χ1v) is 7.52. The Morgan fingerprint density at radius 1 is 1.15 bits per heavy atom. The third-order valence-electron chi connectivity index (χ3n) is 2.88. The Kier molecular flexibility index (Phi) is 3.48. The van der Waals surface area contributed by atoms with Gasteiger partial charge in [0, 0.05) is 10.5 Å². The van der Waals surface area contributed by atoms with Crippen molar-refractivity contribution in [1.29, 1.82) is 0 Å². The maximum atomic E-state index is 13.7. The molecule has 3 rings (SSSR count). The smallest absolute Gasteiger partial charge is 0.205 e. The molecular weight excluding hydrogens is 412 g/mol. The average Bonchev–Trinajstić information content (AvgIpc) is 2.69. The number of nitrogens with zero attached hydrogens (tertiary/aromatic N) is 2. The molecule has 20 heavy (non-hydrogen) atoms. The van der Waals surface area contributed by atoms with Gasteiger partial charge in [-0.05, 0) is 56.1 Å². The summed E-state index contributed by atoms with van der Waals surface area (Å²) in [5, 5.41) is 0.589. The zero-order chi connectivity index (χ0) is 14.4. The minimum absolute atomic E-state index is 0.284. The van der Waals surface area contributed by atoms with Crippen molar-refractivity contribution in [3.05, 3.63) is 50.1 Å². The molecule has 2 aromatic carbocycles. The Balaban J connectivity index is 2.32. The summed E-state index contributed by atoms with van der Waals surface area (Å²) in [5.74, 6) is -0.0848. The summed E-state index contributed by atoms with van der Waals surface area (Å²) in [5.41, 5.74) is 7.90. The molecule has 0 aliphatic carbocycles. The van der Waals surface area contributed by atoms with Crippen molar-refractivity contribution in [2.24, 2.45) is 0 Å². The second-order valence-corrected chi connectivity index (χ2v) is 6.27. The lowest BCUT2D eigenvalue weighted by Crippen LogP contribution is -2.00. The Morgan fingerprint density at radius 3 is 2.60 bits per heavy atom. The van der Waals surface area contributed by atoms with Crippen LogP contribution < -0.4 is 5.73 Å². The molecule has 1 aromatic heterocycles. The number of hydrogen-bond acceptors (Lipinski definition) is 2. The van der Waals surface area contributed by atoms with Crippen LogP contribution in [0.5, 0.6) is 0 Å². The van der Waals surface area contributed by atoms with Gasteiger partial charge >= 0.3 is 0 Å². The molecule has 7 heteroatoms. The van der Waals surface area contributed by atoms with Gasteiger partial charge in [-0.25, -0.2) is 9.37 Å². The van der Waals surface area contributed by atoms with Crippen LogP contribution in [-0.4, -0.2) is 9.55 Å². The Bertz CT molecular complexity index is 832. The predicted molar refractivity (Wildman–Crippen MR) is 85.9 cm³/mol. The van der Waals surface area contributed by atoms with E-state index in [1.807, 2.05) is 0 Å². The minimum atomic E-state index is -0.369. The van der Waals surface area contributed by atoms with E-state index in [9.17, 15) is 4.39 Å². The first-order valence-electron chi connectivity index (χ1n) is 5.56. The fourth-order valence-corrected chi connectivity index (χ4v) is 2.80. The zero-order valence-corrected chi connectivity index (χ0v) is 13.8. The van der Waals surface area contributed by atoms with Crippen molar-refractivity contribution in [2.45, 2.75) is 0 Å². The molecule has 2 N–H and O–H groups in total. The molecule has 1 heterocycles. The Labute approximate surface area is 135 Å². The van der Waals surface area contributed by atoms with E-state index in [0.29, 0.717) is 20.5 Å². The van der Waals surface area contributed by atoms with Gasteiger partial charge < -0.3 is 5.73 Å². The molecule has 102 valence electrons. The first-order chi connectivity index (χ1) is 9.47. The number of fused-ring (bicyclic) bond motifs is 1. The molecule has 0 spiro atoms. The van der Waals surface area contributed by atoms with Crippen molar-refractivity contribution in [1.82, 2.24) is 9.55 Å². The van der Waals surface area contributed by atoms with Crippen molar-refractivity contribution >= 4 is 60.4 Å². The number of benzene rings is 2. The summed E-state index contributed by atoms with van der Waals surface area (Å²) in [6, 6.07) is 8.33. The maximum absolute atomic E-state index is 13.7. The highest BCUT2D eigenvalue weighted by Crippen LogP contribution is 2.30. The van der Waals surface area contributed by atoms with Gasteiger partial charge in [-0.2, -0.15) is 0 Å². The number of hydrogen-bond donors (Lipinski definition) is 1. The summed E-state index contributed by atoms with van der Waals surface area (Å²) in [6.45, 7) is 0. The molecule has 0 saturated carbocycles. The molecule has 0 amide bonds. The quantitative estimate of drug-likeness (QED) is 0.608. The van der Waals surface area contributed by atoms with Crippen molar-refractivity contribution < 1.29 is 4.39 Å². The number of anilines is 1. The Hall–Kier alpha value is -1.11. The number of nitrogens with two attached hydrogens (primary N) is 1. The third kappa shape index (κ3) is 2.21. The van der Waals surface area contributed by atoms with E-state index < -0.39 is 0 Å². The van der Waals surface area contributed by atoms with Gasteiger partial charge in [0.1, 0.15) is 5.82 Å². The van der Waals surface area contributed by atoms with Crippen LogP contribution >= 0.6 is 43.5 Å². The number of nitrogen functional groups attached to an aromatic ring is 1. The van der Waals surface area contributed by atoms with Crippen LogP contribution in [0.25, 0.3) is 16.7 Å². The summed E-state index contributed by atoms with van der Waals surface area (Å²) in [4.78, 5) is 4.24. The monoisotopic (exact) mass is 417 g/mol. The van der Waals surface area contributed by atoms with Crippen LogP contribution in [0.3, 0.4) is 0 Å². The summed E-state index contributed by atoms with van der Waals surface area (Å²) >= 11 is 12.5. The second-order valence-electron chi connectivity index (χ2n) is 4.16. The molecular formula is C13H7Br2ClFN3. The molecule has 3 aromatic rings. The third-order valence-corrected chi connectivity index (χ3v) is 4.71. The first kappa shape index (κ1) is 13.9. The lowest BCUT2D eigenvalue weighted by atomic mass is 10.2. The SMILES string of the molecule is Nc1nc2cc(Br)c(F)cc2n1-c1ccc(Cl)c(Br)c1. The molecule has 3 nitrogen and oxygen atoms in total. The van der Waals surface area contributed by atoms with Crippen molar-refractivity contribution in [3.8, 4) is 5.69 Å². The van der Waals surface area contributed by atoms with Crippen LogP contribution in [0, 0.1) is 5.82 Å². The molecule has 0 aliphatic rings. The second kappa shape index (κ2) is 5.02. The van der Waals surface area contributed by atoms with Gasteiger partial charge in [0.25, 0.3) is 0 Å². The minimum Gasteiger partial charge on any atom is -0.369 e. The molecule has 0 radical (unpaired) electrons. The molecule has 0 atom stereocenters. The van der Waals surface area contributed by atoms with Crippen LogP contribution in [0.15, 0.2) is 39.3 Å². The van der Waals surface area contributed by atoms with Gasteiger partial charge in [0.05, 0.1) is 26.2 Å². The van der Waals surface area contributed by atoms with E-state index >= 15 is 0 Å². The zero-order valence-electron chi connectivity index (χ0n) is 9.87. The number of aromatic nitrogens is 2. The fraction of sp³-hybridized carbons (Fsp3) is 0. The molecule has 0 fully saturated rings. The lowest BCUT2D eigenvalue weighted by Gasteiger charge is -2.08. The van der Waals surface area contributed by atoms with Gasteiger partial charge in [0.2, 0.25) is 5.95 Å². The fourth-order valence-electron chi connectivity index (χ4n) is 1.99. The highest BCUT2D eigenvalue weighted by Gasteiger charge is 2.13. The van der Waals surface area contributed by atoms with Crippen LogP contribution in [-0.2, 0) is 0 Å². The van der Waals surface area contributed by atoms with Crippen molar-refractivity contribution in [3.63, 3.8) is 0 Å². The number of halogens is 4. The van der Waals surface area contributed by atoms with Crippen LogP contribution in [0.1, 0.15) is 0 Å². The van der Waals surface area contributed by atoms with Gasteiger partial charge in [0.15, 0.2) is 0 Å². The van der Waals surface area contributed by atoms with Crippen molar-refractivity contribution in [2.75, 3.05) is 5.73 Å². The van der Waals surface area contributed by atoms with Gasteiger partial charge in [-0.15, -0.1) is 0 Å². The topological polar surface area (TPSA) is 43.8 Å². The average molecular weight is 419 g/mol. The highest BCUT2D eigenvalue weighted by molar-refractivity contribution is 9.10.